The third-order valence-electron chi connectivity index (χ3n) is 3.94. The molecule has 3 rings (SSSR count). The first-order valence-corrected chi connectivity index (χ1v) is 8.72. The van der Waals surface area contributed by atoms with Crippen LogP contribution in [0.25, 0.3) is 11.0 Å². The molecule has 130 valence electrons. The minimum Gasteiger partial charge on any atom is -0.496 e. The first kappa shape index (κ1) is 16.9. The van der Waals surface area contributed by atoms with E-state index in [0.29, 0.717) is 16.9 Å². The van der Waals surface area contributed by atoms with Crippen molar-refractivity contribution < 1.29 is 18.1 Å². The van der Waals surface area contributed by atoms with Crippen molar-refractivity contribution in [3.05, 3.63) is 57.9 Å². The topological polar surface area (TPSA) is 104 Å². The van der Waals surface area contributed by atoms with E-state index in [0.717, 1.165) is 10.3 Å². The summed E-state index contributed by atoms with van der Waals surface area (Å²) in [5.74, 6) is 0.600. The van der Waals surface area contributed by atoms with Crippen molar-refractivity contribution >= 4 is 26.7 Å². The third kappa shape index (κ3) is 2.72. The number of nitro benzene ring substituents is 1. The van der Waals surface area contributed by atoms with Crippen LogP contribution >= 0.6 is 0 Å². The summed E-state index contributed by atoms with van der Waals surface area (Å²) in [4.78, 5) is 14.4. The molecule has 0 amide bonds. The van der Waals surface area contributed by atoms with Crippen LogP contribution in [0.3, 0.4) is 0 Å². The Labute approximate surface area is 143 Å². The summed E-state index contributed by atoms with van der Waals surface area (Å²) in [6.45, 7) is 3.44. The lowest BCUT2D eigenvalue weighted by atomic mass is 10.1. The molecule has 0 aliphatic rings. The highest BCUT2D eigenvalue weighted by molar-refractivity contribution is 7.90. The summed E-state index contributed by atoms with van der Waals surface area (Å²) >= 11 is 0. The van der Waals surface area contributed by atoms with Crippen LogP contribution in [0.1, 0.15) is 11.1 Å². The maximum absolute atomic E-state index is 13.0. The minimum absolute atomic E-state index is 0.128. The van der Waals surface area contributed by atoms with E-state index in [9.17, 15) is 18.5 Å². The maximum atomic E-state index is 13.0. The van der Waals surface area contributed by atoms with E-state index in [1.165, 1.54) is 25.3 Å². The normalized spacial score (nSPS) is 11.6. The molecule has 0 atom stereocenters. The van der Waals surface area contributed by atoms with Crippen molar-refractivity contribution in [2.24, 2.45) is 0 Å². The second kappa shape index (κ2) is 5.85. The van der Waals surface area contributed by atoms with Crippen LogP contribution in [-0.2, 0) is 10.0 Å². The van der Waals surface area contributed by atoms with Gasteiger partial charge in [0.15, 0.2) is 0 Å². The van der Waals surface area contributed by atoms with Gasteiger partial charge in [0.2, 0.25) is 0 Å². The smallest absolute Gasteiger partial charge is 0.271 e. The molecule has 0 radical (unpaired) electrons. The highest BCUT2D eigenvalue weighted by atomic mass is 32.2. The highest BCUT2D eigenvalue weighted by Gasteiger charge is 2.23. The van der Waals surface area contributed by atoms with Gasteiger partial charge in [-0.3, -0.25) is 10.1 Å². The largest absolute Gasteiger partial charge is 0.496 e. The van der Waals surface area contributed by atoms with E-state index < -0.39 is 14.9 Å². The Morgan fingerprint density at radius 1 is 1.16 bits per heavy atom. The molecular formula is C16H15N3O5S. The Morgan fingerprint density at radius 3 is 2.52 bits per heavy atom. The molecule has 0 aliphatic carbocycles. The van der Waals surface area contributed by atoms with Crippen LogP contribution in [0.5, 0.6) is 5.75 Å². The average molecular weight is 361 g/mol. The molecule has 1 aromatic heterocycles. The van der Waals surface area contributed by atoms with Gasteiger partial charge in [-0.25, -0.2) is 17.4 Å². The van der Waals surface area contributed by atoms with E-state index in [-0.39, 0.29) is 21.6 Å². The van der Waals surface area contributed by atoms with Gasteiger partial charge in [0.1, 0.15) is 12.1 Å². The van der Waals surface area contributed by atoms with Gasteiger partial charge in [0.05, 0.1) is 28.0 Å². The van der Waals surface area contributed by atoms with Crippen molar-refractivity contribution in [2.45, 2.75) is 18.7 Å². The quantitative estimate of drug-likeness (QED) is 0.523. The maximum Gasteiger partial charge on any atom is 0.271 e. The standard InChI is InChI=1S/C16H15N3O5S/c1-10-7-16(11(2)6-15(10)24-3)25(22,23)18-9-17-13-8-12(19(20)21)4-5-14(13)18/h4-9H,1-3H3. The van der Waals surface area contributed by atoms with E-state index in [1.807, 2.05) is 0 Å². The molecule has 25 heavy (non-hydrogen) atoms. The number of nitrogens with zero attached hydrogens (tertiary/aromatic N) is 3. The number of rotatable bonds is 4. The molecule has 0 aliphatic heterocycles. The molecule has 0 N–H and O–H groups in total. The second-order valence-electron chi connectivity index (χ2n) is 5.56. The fourth-order valence-electron chi connectivity index (χ4n) is 2.65. The Kier molecular flexibility index (Phi) is 3.96. The SMILES string of the molecule is COc1cc(C)c(S(=O)(=O)n2cnc3cc([N+](=O)[O-])ccc32)cc1C. The molecule has 0 saturated carbocycles. The fraction of sp³-hybridized carbons (Fsp3) is 0.188. The number of nitro groups is 1. The van der Waals surface area contributed by atoms with Crippen LogP contribution in [0.4, 0.5) is 5.69 Å². The second-order valence-corrected chi connectivity index (χ2v) is 7.35. The van der Waals surface area contributed by atoms with Crippen LogP contribution in [0, 0.1) is 24.0 Å². The van der Waals surface area contributed by atoms with Crippen LogP contribution in [-0.4, -0.2) is 29.4 Å². The number of aromatic nitrogens is 2. The lowest BCUT2D eigenvalue weighted by molar-refractivity contribution is -0.384. The summed E-state index contributed by atoms with van der Waals surface area (Å²) in [5, 5.41) is 10.9. The molecule has 0 spiro atoms. The van der Waals surface area contributed by atoms with Crippen molar-refractivity contribution in [1.29, 1.82) is 0 Å². The zero-order valence-corrected chi connectivity index (χ0v) is 14.6. The number of benzene rings is 2. The van der Waals surface area contributed by atoms with E-state index >= 15 is 0 Å². The third-order valence-corrected chi connectivity index (χ3v) is 5.74. The number of non-ortho nitro benzene ring substituents is 1. The lowest BCUT2D eigenvalue weighted by Gasteiger charge is -2.13. The Bertz CT molecular complexity index is 1100. The number of aryl methyl sites for hydroxylation is 2. The van der Waals surface area contributed by atoms with Gasteiger partial charge >= 0.3 is 0 Å². The zero-order valence-electron chi connectivity index (χ0n) is 13.8. The van der Waals surface area contributed by atoms with E-state index in [1.54, 1.807) is 26.0 Å². The van der Waals surface area contributed by atoms with Gasteiger partial charge < -0.3 is 4.74 Å². The lowest BCUT2D eigenvalue weighted by Crippen LogP contribution is -2.13. The van der Waals surface area contributed by atoms with Crippen molar-refractivity contribution in [2.75, 3.05) is 7.11 Å². The molecule has 8 nitrogen and oxygen atoms in total. The molecule has 2 aromatic carbocycles. The molecule has 1 heterocycles. The van der Waals surface area contributed by atoms with Crippen LogP contribution < -0.4 is 4.74 Å². The predicted molar refractivity (Wildman–Crippen MR) is 91.4 cm³/mol. The van der Waals surface area contributed by atoms with Gasteiger partial charge in [0, 0.05) is 12.1 Å². The highest BCUT2D eigenvalue weighted by Crippen LogP contribution is 2.29. The number of methoxy groups -OCH3 is 1. The van der Waals surface area contributed by atoms with Crippen LogP contribution in [0.2, 0.25) is 0 Å². The number of ether oxygens (including phenoxy) is 1. The van der Waals surface area contributed by atoms with Gasteiger partial charge in [-0.1, -0.05) is 0 Å². The van der Waals surface area contributed by atoms with Crippen molar-refractivity contribution in [3.8, 4) is 5.75 Å². The Hall–Kier alpha value is -2.94. The number of imidazole rings is 1. The van der Waals surface area contributed by atoms with Gasteiger partial charge in [0.25, 0.3) is 15.7 Å². The fourth-order valence-corrected chi connectivity index (χ4v) is 4.24. The van der Waals surface area contributed by atoms with Gasteiger partial charge in [-0.15, -0.1) is 0 Å². The number of fused-ring (bicyclic) bond motifs is 1. The molecule has 0 bridgehead atoms. The molecule has 9 heteroatoms. The van der Waals surface area contributed by atoms with Crippen molar-refractivity contribution in [3.63, 3.8) is 0 Å². The predicted octanol–water partition coefficient (Wildman–Crippen LogP) is 2.81. The first-order valence-electron chi connectivity index (χ1n) is 7.28. The average Bonchev–Trinajstić information content (AvgIpc) is 3.00. The van der Waals surface area contributed by atoms with Gasteiger partial charge in [-0.2, -0.15) is 0 Å². The van der Waals surface area contributed by atoms with Crippen molar-refractivity contribution in [1.82, 2.24) is 8.96 Å². The molecule has 0 fully saturated rings. The summed E-state index contributed by atoms with van der Waals surface area (Å²) in [5.41, 5.74) is 1.59. The molecular weight excluding hydrogens is 346 g/mol. The van der Waals surface area contributed by atoms with Gasteiger partial charge in [-0.05, 0) is 43.2 Å². The summed E-state index contributed by atoms with van der Waals surface area (Å²) in [6.07, 6.45) is 1.16. The Balaban J connectivity index is 2.20. The number of hydrogen-bond acceptors (Lipinski definition) is 6. The van der Waals surface area contributed by atoms with E-state index in [2.05, 4.69) is 4.98 Å². The summed E-state index contributed by atoms with van der Waals surface area (Å²) in [7, 11) is -2.38. The Morgan fingerprint density at radius 2 is 1.88 bits per heavy atom. The monoisotopic (exact) mass is 361 g/mol. The molecule has 3 aromatic rings. The summed E-state index contributed by atoms with van der Waals surface area (Å²) in [6, 6.07) is 7.08. The number of hydrogen-bond donors (Lipinski definition) is 0. The summed E-state index contributed by atoms with van der Waals surface area (Å²) < 4.78 is 32.3. The first-order chi connectivity index (χ1) is 11.8. The zero-order chi connectivity index (χ0) is 18.4. The molecule has 0 saturated heterocycles. The van der Waals surface area contributed by atoms with E-state index in [4.69, 9.17) is 4.74 Å². The molecule has 0 unspecified atom stereocenters. The van der Waals surface area contributed by atoms with Crippen LogP contribution in [0.15, 0.2) is 41.6 Å². The minimum atomic E-state index is -3.90.